The minimum absolute atomic E-state index is 0.0442. The molecule has 0 aliphatic heterocycles. The second kappa shape index (κ2) is 5.26. The second-order valence-electron chi connectivity index (χ2n) is 4.68. The van der Waals surface area contributed by atoms with E-state index in [0.717, 1.165) is 5.56 Å². The van der Waals surface area contributed by atoms with Crippen LogP contribution >= 0.6 is 0 Å². The largest absolute Gasteiger partial charge is 0.383 e. The summed E-state index contributed by atoms with van der Waals surface area (Å²) in [7, 11) is -2.09. The first-order valence-corrected chi connectivity index (χ1v) is 7.67. The monoisotopic (exact) mass is 294 g/mol. The third-order valence-corrected chi connectivity index (χ3v) is 4.82. The standard InChI is InChI=1S/C13H18N4O2S/c1-9(11-7-5-4-6-8-11)16-20(18,19)12-10(2)15-17(3)13(12)14/h4-9,16H,14H2,1-3H3. The molecular weight excluding hydrogens is 276 g/mol. The topological polar surface area (TPSA) is 90.0 Å². The smallest absolute Gasteiger partial charge is 0.246 e. The molecule has 0 aliphatic rings. The predicted octanol–water partition coefficient (Wildman–Crippen LogP) is 1.35. The minimum atomic E-state index is -3.71. The molecule has 0 radical (unpaired) electrons. The van der Waals surface area contributed by atoms with Gasteiger partial charge >= 0.3 is 0 Å². The molecule has 20 heavy (non-hydrogen) atoms. The molecule has 7 heteroatoms. The van der Waals surface area contributed by atoms with Crippen molar-refractivity contribution >= 4 is 15.8 Å². The summed E-state index contributed by atoms with van der Waals surface area (Å²) in [4.78, 5) is 0.0442. The van der Waals surface area contributed by atoms with Crippen LogP contribution < -0.4 is 10.5 Å². The van der Waals surface area contributed by atoms with Crippen LogP contribution in [0.1, 0.15) is 24.2 Å². The quantitative estimate of drug-likeness (QED) is 0.890. The molecule has 0 saturated heterocycles. The molecule has 3 N–H and O–H groups in total. The minimum Gasteiger partial charge on any atom is -0.383 e. The van der Waals surface area contributed by atoms with E-state index in [1.54, 1.807) is 20.9 Å². The highest BCUT2D eigenvalue weighted by Gasteiger charge is 2.26. The van der Waals surface area contributed by atoms with Crippen LogP contribution in [0, 0.1) is 6.92 Å². The average molecular weight is 294 g/mol. The zero-order valence-electron chi connectivity index (χ0n) is 11.7. The van der Waals surface area contributed by atoms with Gasteiger partial charge in [0, 0.05) is 13.1 Å². The Labute approximate surface area is 118 Å². The van der Waals surface area contributed by atoms with Crippen LogP contribution in [-0.4, -0.2) is 18.2 Å². The molecule has 2 rings (SSSR count). The first-order chi connectivity index (χ1) is 9.33. The maximum Gasteiger partial charge on any atom is 0.246 e. The summed E-state index contributed by atoms with van der Waals surface area (Å²) in [6, 6.07) is 9.00. The molecule has 1 aromatic heterocycles. The van der Waals surface area contributed by atoms with Gasteiger partial charge in [-0.05, 0) is 19.4 Å². The molecule has 1 aromatic carbocycles. The van der Waals surface area contributed by atoms with Crippen molar-refractivity contribution in [2.75, 3.05) is 5.73 Å². The van der Waals surface area contributed by atoms with Gasteiger partial charge in [0.1, 0.15) is 10.7 Å². The Bertz CT molecular complexity index is 707. The summed E-state index contributed by atoms with van der Waals surface area (Å²) in [5, 5.41) is 4.03. The van der Waals surface area contributed by atoms with E-state index >= 15 is 0 Å². The molecule has 2 aromatic rings. The molecule has 0 amide bonds. The van der Waals surface area contributed by atoms with Gasteiger partial charge in [-0.3, -0.25) is 4.68 Å². The van der Waals surface area contributed by atoms with Crippen LogP contribution in [0.15, 0.2) is 35.2 Å². The Morgan fingerprint density at radius 2 is 1.90 bits per heavy atom. The van der Waals surface area contributed by atoms with Crippen molar-refractivity contribution < 1.29 is 8.42 Å². The first kappa shape index (κ1) is 14.5. The van der Waals surface area contributed by atoms with Crippen molar-refractivity contribution in [3.8, 4) is 0 Å². The van der Waals surface area contributed by atoms with E-state index in [1.807, 2.05) is 30.3 Å². The zero-order chi connectivity index (χ0) is 14.9. The number of anilines is 1. The van der Waals surface area contributed by atoms with Crippen molar-refractivity contribution in [1.29, 1.82) is 0 Å². The summed E-state index contributed by atoms with van der Waals surface area (Å²) in [5.74, 6) is 0.135. The van der Waals surface area contributed by atoms with Crippen molar-refractivity contribution in [1.82, 2.24) is 14.5 Å². The molecule has 108 valence electrons. The Hall–Kier alpha value is -1.86. The molecular formula is C13H18N4O2S. The van der Waals surface area contributed by atoms with Crippen molar-refractivity contribution in [3.05, 3.63) is 41.6 Å². The van der Waals surface area contributed by atoms with Crippen LogP contribution in [0.25, 0.3) is 0 Å². The van der Waals surface area contributed by atoms with E-state index in [-0.39, 0.29) is 16.8 Å². The summed E-state index contributed by atoms with van der Waals surface area (Å²) >= 11 is 0. The molecule has 0 aliphatic carbocycles. The summed E-state index contributed by atoms with van der Waals surface area (Å²) in [6.07, 6.45) is 0. The highest BCUT2D eigenvalue weighted by atomic mass is 32.2. The fraction of sp³-hybridized carbons (Fsp3) is 0.308. The Balaban J connectivity index is 2.33. The molecule has 0 spiro atoms. The Morgan fingerprint density at radius 3 is 2.40 bits per heavy atom. The lowest BCUT2D eigenvalue weighted by atomic mass is 10.1. The number of rotatable bonds is 4. The van der Waals surface area contributed by atoms with Crippen LogP contribution in [0.3, 0.4) is 0 Å². The number of benzene rings is 1. The van der Waals surface area contributed by atoms with E-state index < -0.39 is 10.0 Å². The van der Waals surface area contributed by atoms with Gasteiger partial charge in [0.2, 0.25) is 10.0 Å². The van der Waals surface area contributed by atoms with Gasteiger partial charge in [0.25, 0.3) is 0 Å². The molecule has 6 nitrogen and oxygen atoms in total. The van der Waals surface area contributed by atoms with E-state index in [4.69, 9.17) is 5.73 Å². The Morgan fingerprint density at radius 1 is 1.30 bits per heavy atom. The summed E-state index contributed by atoms with van der Waals surface area (Å²) in [5.41, 5.74) is 7.06. The number of aromatic nitrogens is 2. The second-order valence-corrected chi connectivity index (χ2v) is 6.33. The van der Waals surface area contributed by atoms with Crippen LogP contribution in [0.2, 0.25) is 0 Å². The normalized spacial score (nSPS) is 13.3. The Kier molecular flexibility index (Phi) is 3.82. The lowest BCUT2D eigenvalue weighted by Gasteiger charge is -2.14. The van der Waals surface area contributed by atoms with Crippen LogP contribution in [0.5, 0.6) is 0 Å². The summed E-state index contributed by atoms with van der Waals surface area (Å²) < 4.78 is 28.8. The molecule has 0 fully saturated rings. The summed E-state index contributed by atoms with van der Waals surface area (Å²) in [6.45, 7) is 3.41. The predicted molar refractivity (Wildman–Crippen MR) is 77.5 cm³/mol. The fourth-order valence-corrected chi connectivity index (χ4v) is 3.65. The number of nitrogens with two attached hydrogens (primary N) is 1. The van der Waals surface area contributed by atoms with Gasteiger partial charge in [-0.15, -0.1) is 0 Å². The number of hydrogen-bond donors (Lipinski definition) is 2. The first-order valence-electron chi connectivity index (χ1n) is 6.19. The highest BCUT2D eigenvalue weighted by Crippen LogP contribution is 2.23. The average Bonchev–Trinajstić information content (AvgIpc) is 2.64. The van der Waals surface area contributed by atoms with E-state index in [0.29, 0.717) is 5.69 Å². The van der Waals surface area contributed by atoms with Gasteiger partial charge in [0.15, 0.2) is 0 Å². The van der Waals surface area contributed by atoms with Gasteiger partial charge < -0.3 is 5.73 Å². The van der Waals surface area contributed by atoms with Gasteiger partial charge in [-0.1, -0.05) is 30.3 Å². The van der Waals surface area contributed by atoms with Gasteiger partial charge in [-0.2, -0.15) is 5.10 Å². The lowest BCUT2D eigenvalue weighted by Crippen LogP contribution is -2.27. The van der Waals surface area contributed by atoms with Crippen LogP contribution in [-0.2, 0) is 17.1 Å². The fourth-order valence-electron chi connectivity index (χ4n) is 2.09. The number of hydrogen-bond acceptors (Lipinski definition) is 4. The van der Waals surface area contributed by atoms with Crippen molar-refractivity contribution in [2.45, 2.75) is 24.8 Å². The number of nitrogens with one attached hydrogen (secondary N) is 1. The van der Waals surface area contributed by atoms with E-state index in [2.05, 4.69) is 9.82 Å². The third-order valence-electron chi connectivity index (χ3n) is 3.11. The van der Waals surface area contributed by atoms with Gasteiger partial charge in [-0.25, -0.2) is 13.1 Å². The maximum atomic E-state index is 12.4. The van der Waals surface area contributed by atoms with E-state index in [1.165, 1.54) is 4.68 Å². The number of nitrogens with zero attached hydrogens (tertiary/aromatic N) is 2. The highest BCUT2D eigenvalue weighted by molar-refractivity contribution is 7.89. The molecule has 1 heterocycles. The SMILES string of the molecule is Cc1nn(C)c(N)c1S(=O)(=O)NC(C)c1ccccc1. The van der Waals surface area contributed by atoms with Crippen molar-refractivity contribution in [3.63, 3.8) is 0 Å². The van der Waals surface area contributed by atoms with E-state index in [9.17, 15) is 8.42 Å². The van der Waals surface area contributed by atoms with Crippen LogP contribution in [0.4, 0.5) is 5.82 Å². The third kappa shape index (κ3) is 2.68. The molecule has 0 bridgehead atoms. The molecule has 1 unspecified atom stereocenters. The lowest BCUT2D eigenvalue weighted by molar-refractivity contribution is 0.566. The zero-order valence-corrected chi connectivity index (χ0v) is 12.5. The number of aryl methyl sites for hydroxylation is 2. The molecule has 0 saturated carbocycles. The number of sulfonamides is 1. The van der Waals surface area contributed by atoms with Crippen molar-refractivity contribution in [2.24, 2.45) is 7.05 Å². The van der Waals surface area contributed by atoms with Gasteiger partial charge in [0.05, 0.1) is 5.69 Å². The maximum absolute atomic E-state index is 12.4. The number of nitrogen functional groups attached to an aromatic ring is 1. The molecule has 1 atom stereocenters.